The second-order valence-corrected chi connectivity index (χ2v) is 8.00. The quantitative estimate of drug-likeness (QED) is 0.632. The van der Waals surface area contributed by atoms with Crippen LogP contribution in [0.5, 0.6) is 11.5 Å². The van der Waals surface area contributed by atoms with Crippen LogP contribution in [0.2, 0.25) is 0 Å². The predicted octanol–water partition coefficient (Wildman–Crippen LogP) is 4.81. The summed E-state index contributed by atoms with van der Waals surface area (Å²) in [6.45, 7) is 0.623. The second-order valence-electron chi connectivity index (χ2n) is 8.00. The van der Waals surface area contributed by atoms with E-state index in [0.29, 0.717) is 6.54 Å². The number of ether oxygens (including phenoxy) is 2. The van der Waals surface area contributed by atoms with Crippen molar-refractivity contribution in [3.63, 3.8) is 0 Å². The van der Waals surface area contributed by atoms with Gasteiger partial charge < -0.3 is 14.4 Å². The number of nitrogens with zero attached hydrogens (tertiary/aromatic N) is 1. The highest BCUT2D eigenvalue weighted by atomic mass is 16.5. The zero-order valence-electron chi connectivity index (χ0n) is 17.3. The van der Waals surface area contributed by atoms with Crippen molar-refractivity contribution in [2.24, 2.45) is 0 Å². The van der Waals surface area contributed by atoms with Gasteiger partial charge in [0.1, 0.15) is 0 Å². The lowest BCUT2D eigenvalue weighted by Crippen LogP contribution is -2.49. The fraction of sp³-hybridized carbons (Fsp3) is 0.269. The molecule has 3 aromatic carbocycles. The third-order valence-electron chi connectivity index (χ3n) is 6.46. The molecule has 5 rings (SSSR count). The number of carbonyl (C=O) groups is 1. The molecule has 1 aliphatic carbocycles. The number of hydrogen-bond acceptors (Lipinski definition) is 3. The second kappa shape index (κ2) is 7.52. The van der Waals surface area contributed by atoms with Gasteiger partial charge in [0.15, 0.2) is 11.5 Å². The van der Waals surface area contributed by atoms with E-state index in [1.165, 1.54) is 11.1 Å². The SMILES string of the molecule is COc1cc2c(cc1OC)C1c3ccccc3C(=O)N(Cc3ccccc3)C1CC2. The minimum absolute atomic E-state index is 0.123. The number of amides is 1. The first kappa shape index (κ1) is 18.7. The summed E-state index contributed by atoms with van der Waals surface area (Å²) in [5, 5.41) is 0. The van der Waals surface area contributed by atoms with Crippen LogP contribution in [0.3, 0.4) is 0 Å². The molecule has 30 heavy (non-hydrogen) atoms. The van der Waals surface area contributed by atoms with Crippen LogP contribution in [0, 0.1) is 0 Å². The van der Waals surface area contributed by atoms with E-state index in [9.17, 15) is 4.79 Å². The molecule has 0 bridgehead atoms. The Balaban J connectivity index is 1.65. The molecule has 2 atom stereocenters. The molecule has 0 radical (unpaired) electrons. The van der Waals surface area contributed by atoms with E-state index in [-0.39, 0.29) is 17.9 Å². The first-order valence-corrected chi connectivity index (χ1v) is 10.4. The van der Waals surface area contributed by atoms with Gasteiger partial charge in [-0.1, -0.05) is 48.5 Å². The fourth-order valence-electron chi connectivity index (χ4n) is 5.07. The van der Waals surface area contributed by atoms with Crippen molar-refractivity contribution in [2.45, 2.75) is 31.3 Å². The summed E-state index contributed by atoms with van der Waals surface area (Å²) in [5.74, 6) is 1.75. The van der Waals surface area contributed by atoms with E-state index in [1.54, 1.807) is 14.2 Å². The van der Waals surface area contributed by atoms with Crippen LogP contribution < -0.4 is 9.47 Å². The Hall–Kier alpha value is -3.27. The number of rotatable bonds is 4. The van der Waals surface area contributed by atoms with E-state index >= 15 is 0 Å². The minimum atomic E-state index is 0.123. The summed E-state index contributed by atoms with van der Waals surface area (Å²) < 4.78 is 11.1. The largest absolute Gasteiger partial charge is 0.493 e. The van der Waals surface area contributed by atoms with Gasteiger partial charge in [0.05, 0.1) is 14.2 Å². The maximum atomic E-state index is 13.5. The number of fused-ring (bicyclic) bond motifs is 5. The normalized spacial score (nSPS) is 19.5. The van der Waals surface area contributed by atoms with Crippen molar-refractivity contribution in [3.05, 3.63) is 94.5 Å². The number of carbonyl (C=O) groups excluding carboxylic acids is 1. The van der Waals surface area contributed by atoms with Gasteiger partial charge in [-0.05, 0) is 53.3 Å². The highest BCUT2D eigenvalue weighted by Crippen LogP contribution is 2.47. The Kier molecular flexibility index (Phi) is 4.70. The highest BCUT2D eigenvalue weighted by molar-refractivity contribution is 5.98. The molecule has 2 unspecified atom stereocenters. The molecule has 1 heterocycles. The lowest BCUT2D eigenvalue weighted by atomic mass is 9.71. The van der Waals surface area contributed by atoms with E-state index in [0.717, 1.165) is 41.0 Å². The molecule has 0 N–H and O–H groups in total. The smallest absolute Gasteiger partial charge is 0.254 e. The van der Waals surface area contributed by atoms with Crippen molar-refractivity contribution in [1.29, 1.82) is 0 Å². The Morgan fingerprint density at radius 1 is 0.900 bits per heavy atom. The molecular formula is C26H25NO3. The molecule has 0 fully saturated rings. The van der Waals surface area contributed by atoms with Gasteiger partial charge in [-0.2, -0.15) is 0 Å². The summed E-state index contributed by atoms with van der Waals surface area (Å²) in [4.78, 5) is 15.6. The molecule has 1 aliphatic heterocycles. The molecule has 4 heteroatoms. The molecule has 152 valence electrons. The monoisotopic (exact) mass is 399 g/mol. The third-order valence-corrected chi connectivity index (χ3v) is 6.46. The van der Waals surface area contributed by atoms with Crippen molar-refractivity contribution in [1.82, 2.24) is 4.90 Å². The van der Waals surface area contributed by atoms with Crippen molar-refractivity contribution in [2.75, 3.05) is 14.2 Å². The lowest BCUT2D eigenvalue weighted by Gasteiger charge is -2.45. The molecule has 0 saturated carbocycles. The van der Waals surface area contributed by atoms with Crippen molar-refractivity contribution >= 4 is 5.91 Å². The van der Waals surface area contributed by atoms with E-state index in [4.69, 9.17) is 9.47 Å². The van der Waals surface area contributed by atoms with Crippen LogP contribution in [-0.4, -0.2) is 31.1 Å². The highest BCUT2D eigenvalue weighted by Gasteiger charge is 2.43. The van der Waals surface area contributed by atoms with Crippen molar-refractivity contribution in [3.8, 4) is 11.5 Å². The fourth-order valence-corrected chi connectivity index (χ4v) is 5.07. The van der Waals surface area contributed by atoms with E-state index in [2.05, 4.69) is 35.2 Å². The van der Waals surface area contributed by atoms with Crippen LogP contribution in [0.25, 0.3) is 0 Å². The first-order chi connectivity index (χ1) is 14.7. The van der Waals surface area contributed by atoms with Gasteiger partial charge in [0.25, 0.3) is 5.91 Å². The maximum Gasteiger partial charge on any atom is 0.254 e. The summed E-state index contributed by atoms with van der Waals surface area (Å²) in [6, 6.07) is 22.6. The number of methoxy groups -OCH3 is 2. The molecule has 0 saturated heterocycles. The van der Waals surface area contributed by atoms with Crippen molar-refractivity contribution < 1.29 is 14.3 Å². The average molecular weight is 399 g/mol. The number of benzene rings is 3. The summed E-state index contributed by atoms with van der Waals surface area (Å²) >= 11 is 0. The average Bonchev–Trinajstić information content (AvgIpc) is 2.80. The number of hydrogen-bond donors (Lipinski definition) is 0. The Morgan fingerprint density at radius 2 is 1.60 bits per heavy atom. The molecule has 1 amide bonds. The Labute approximate surface area is 177 Å². The lowest BCUT2D eigenvalue weighted by molar-refractivity contribution is 0.0586. The van der Waals surface area contributed by atoms with Gasteiger partial charge in [0.2, 0.25) is 0 Å². The zero-order valence-corrected chi connectivity index (χ0v) is 17.3. The summed E-state index contributed by atoms with van der Waals surface area (Å²) in [6.07, 6.45) is 1.84. The maximum absolute atomic E-state index is 13.5. The standard InChI is InChI=1S/C26H25NO3/c1-29-23-14-18-12-13-22-25(21(18)15-24(23)30-2)19-10-6-7-11-20(19)26(28)27(22)16-17-8-4-3-5-9-17/h3-11,14-15,22,25H,12-13,16H2,1-2H3. The summed E-state index contributed by atoms with van der Waals surface area (Å²) in [5.41, 5.74) is 5.59. The molecule has 0 aromatic heterocycles. The van der Waals surface area contributed by atoms with Gasteiger partial charge >= 0.3 is 0 Å². The van der Waals surface area contributed by atoms with Gasteiger partial charge in [0, 0.05) is 24.1 Å². The molecular weight excluding hydrogens is 374 g/mol. The van der Waals surface area contributed by atoms with Crippen LogP contribution >= 0.6 is 0 Å². The molecule has 0 spiro atoms. The topological polar surface area (TPSA) is 38.8 Å². The number of aryl methyl sites for hydroxylation is 1. The first-order valence-electron chi connectivity index (χ1n) is 10.4. The molecule has 2 aliphatic rings. The van der Waals surface area contributed by atoms with E-state index in [1.807, 2.05) is 36.4 Å². The van der Waals surface area contributed by atoms with Crippen LogP contribution in [0.15, 0.2) is 66.7 Å². The molecule has 4 nitrogen and oxygen atoms in total. The Morgan fingerprint density at radius 3 is 2.37 bits per heavy atom. The minimum Gasteiger partial charge on any atom is -0.493 e. The van der Waals surface area contributed by atoms with Gasteiger partial charge in [-0.25, -0.2) is 0 Å². The van der Waals surface area contributed by atoms with Gasteiger partial charge in [-0.3, -0.25) is 4.79 Å². The summed E-state index contributed by atoms with van der Waals surface area (Å²) in [7, 11) is 3.34. The van der Waals surface area contributed by atoms with Gasteiger partial charge in [-0.15, -0.1) is 0 Å². The van der Waals surface area contributed by atoms with E-state index < -0.39 is 0 Å². The Bertz CT molecular complexity index is 1090. The van der Waals surface area contributed by atoms with Crippen LogP contribution in [0.1, 0.15) is 45.0 Å². The van der Waals surface area contributed by atoms with Crippen LogP contribution in [-0.2, 0) is 13.0 Å². The third kappa shape index (κ3) is 2.95. The predicted molar refractivity (Wildman–Crippen MR) is 116 cm³/mol. The van der Waals surface area contributed by atoms with Crippen LogP contribution in [0.4, 0.5) is 0 Å². The molecule has 3 aromatic rings. The zero-order chi connectivity index (χ0) is 20.7.